The number of methoxy groups -OCH3 is 1. The fraction of sp³-hybridized carbons (Fsp3) is 1.00. The van der Waals surface area contributed by atoms with Gasteiger partial charge in [-0.25, -0.2) is 0 Å². The highest BCUT2D eigenvalue weighted by atomic mass is 16.5. The number of nitrogens with one attached hydrogen (secondary N) is 1. The first kappa shape index (κ1) is 17.2. The minimum atomic E-state index is 0.484. The Morgan fingerprint density at radius 1 is 1.29 bits per heavy atom. The second-order valence-electron chi connectivity index (χ2n) is 7.93. The molecule has 1 N–H and O–H groups in total. The molecule has 2 aliphatic carbocycles. The predicted octanol–water partition coefficient (Wildman–Crippen LogP) is 3.29. The Morgan fingerprint density at radius 3 is 2.62 bits per heavy atom. The molecular weight excluding hydrogens is 260 g/mol. The molecule has 2 saturated carbocycles. The van der Waals surface area contributed by atoms with Crippen LogP contribution in [-0.2, 0) is 4.74 Å². The predicted molar refractivity (Wildman–Crippen MR) is 89.7 cm³/mol. The number of ether oxygens (including phenoxy) is 1. The third-order valence-electron chi connectivity index (χ3n) is 5.26. The van der Waals surface area contributed by atoms with Gasteiger partial charge in [-0.2, -0.15) is 0 Å². The summed E-state index contributed by atoms with van der Waals surface area (Å²) in [7, 11) is 1.82. The second-order valence-corrected chi connectivity index (χ2v) is 7.93. The van der Waals surface area contributed by atoms with Gasteiger partial charge in [-0.3, -0.25) is 4.90 Å². The molecule has 0 aromatic carbocycles. The number of hydrogen-bond acceptors (Lipinski definition) is 3. The lowest BCUT2D eigenvalue weighted by Crippen LogP contribution is -2.49. The molecule has 0 saturated heterocycles. The van der Waals surface area contributed by atoms with E-state index in [0.29, 0.717) is 11.5 Å². The number of nitrogens with zero attached hydrogens (tertiary/aromatic N) is 1. The minimum Gasteiger partial charge on any atom is -0.383 e. The molecule has 0 radical (unpaired) electrons. The first-order valence-corrected chi connectivity index (χ1v) is 9.01. The lowest BCUT2D eigenvalue weighted by atomic mass is 9.69. The third-order valence-corrected chi connectivity index (χ3v) is 5.26. The van der Waals surface area contributed by atoms with E-state index in [1.54, 1.807) is 0 Å². The molecule has 21 heavy (non-hydrogen) atoms. The number of rotatable bonds is 9. The second kappa shape index (κ2) is 7.94. The van der Waals surface area contributed by atoms with Gasteiger partial charge in [-0.05, 0) is 37.0 Å². The highest BCUT2D eigenvalue weighted by Gasteiger charge is 2.39. The molecule has 2 atom stereocenters. The van der Waals surface area contributed by atoms with Crippen LogP contribution in [0.2, 0.25) is 0 Å². The Morgan fingerprint density at radius 2 is 2.05 bits per heavy atom. The van der Waals surface area contributed by atoms with E-state index in [-0.39, 0.29) is 0 Å². The summed E-state index contributed by atoms with van der Waals surface area (Å²) in [5.74, 6) is 0.885. The van der Waals surface area contributed by atoms with Crippen molar-refractivity contribution in [2.45, 2.75) is 71.4 Å². The van der Waals surface area contributed by atoms with E-state index < -0.39 is 0 Å². The van der Waals surface area contributed by atoms with Crippen molar-refractivity contribution in [1.82, 2.24) is 10.2 Å². The number of hydrogen-bond donors (Lipinski definition) is 1. The van der Waals surface area contributed by atoms with Gasteiger partial charge < -0.3 is 10.1 Å². The lowest BCUT2D eigenvalue weighted by molar-refractivity contribution is 0.0580. The Bertz CT molecular complexity index is 304. The van der Waals surface area contributed by atoms with Gasteiger partial charge in [0.05, 0.1) is 6.61 Å². The van der Waals surface area contributed by atoms with E-state index >= 15 is 0 Å². The van der Waals surface area contributed by atoms with Gasteiger partial charge in [0, 0.05) is 38.8 Å². The van der Waals surface area contributed by atoms with Crippen LogP contribution in [0, 0.1) is 11.3 Å². The average Bonchev–Trinajstić information content (AvgIpc) is 3.26. The van der Waals surface area contributed by atoms with Crippen LogP contribution in [0.5, 0.6) is 0 Å². The van der Waals surface area contributed by atoms with Gasteiger partial charge in [0.2, 0.25) is 0 Å². The van der Waals surface area contributed by atoms with Crippen molar-refractivity contribution in [3.8, 4) is 0 Å². The van der Waals surface area contributed by atoms with Crippen LogP contribution >= 0.6 is 0 Å². The molecule has 0 aromatic rings. The fourth-order valence-electron chi connectivity index (χ4n) is 4.02. The fourth-order valence-corrected chi connectivity index (χ4v) is 4.02. The lowest BCUT2D eigenvalue weighted by Gasteiger charge is -2.44. The summed E-state index contributed by atoms with van der Waals surface area (Å²) < 4.78 is 5.33. The SMILES string of the molecule is COCCN(CC1(CNC(C)C)CCCC(C)C1)C1CC1. The van der Waals surface area contributed by atoms with Crippen LogP contribution in [0.1, 0.15) is 59.3 Å². The van der Waals surface area contributed by atoms with Gasteiger partial charge in [0.25, 0.3) is 0 Å². The molecule has 2 unspecified atom stereocenters. The van der Waals surface area contributed by atoms with Crippen molar-refractivity contribution in [3.05, 3.63) is 0 Å². The topological polar surface area (TPSA) is 24.5 Å². The monoisotopic (exact) mass is 296 g/mol. The zero-order valence-corrected chi connectivity index (χ0v) is 14.7. The van der Waals surface area contributed by atoms with Gasteiger partial charge >= 0.3 is 0 Å². The summed E-state index contributed by atoms with van der Waals surface area (Å²) in [6, 6.07) is 1.43. The Balaban J connectivity index is 1.98. The van der Waals surface area contributed by atoms with Gasteiger partial charge in [-0.1, -0.05) is 33.6 Å². The van der Waals surface area contributed by atoms with E-state index in [1.165, 1.54) is 51.6 Å². The van der Waals surface area contributed by atoms with Crippen molar-refractivity contribution in [2.24, 2.45) is 11.3 Å². The van der Waals surface area contributed by atoms with Crippen LogP contribution in [0.15, 0.2) is 0 Å². The van der Waals surface area contributed by atoms with E-state index in [9.17, 15) is 0 Å². The third kappa shape index (κ3) is 5.54. The van der Waals surface area contributed by atoms with E-state index in [2.05, 4.69) is 31.0 Å². The van der Waals surface area contributed by atoms with Crippen molar-refractivity contribution in [3.63, 3.8) is 0 Å². The zero-order valence-electron chi connectivity index (χ0n) is 14.7. The molecule has 2 rings (SSSR count). The van der Waals surface area contributed by atoms with E-state index in [0.717, 1.165) is 25.1 Å². The Kier molecular flexibility index (Phi) is 6.51. The molecule has 124 valence electrons. The van der Waals surface area contributed by atoms with Crippen LogP contribution in [0.4, 0.5) is 0 Å². The normalized spacial score (nSPS) is 30.3. The standard InChI is InChI=1S/C18H36N2O/c1-15(2)19-13-18(9-5-6-16(3)12-18)14-20(10-11-21-4)17-7-8-17/h15-17,19H,5-14H2,1-4H3. The van der Waals surface area contributed by atoms with Crippen molar-refractivity contribution in [1.29, 1.82) is 0 Å². The molecule has 0 heterocycles. The molecular formula is C18H36N2O. The molecule has 0 amide bonds. The highest BCUT2D eigenvalue weighted by molar-refractivity contribution is 4.94. The summed E-state index contributed by atoms with van der Waals surface area (Å²) in [5, 5.41) is 3.74. The first-order valence-electron chi connectivity index (χ1n) is 9.01. The molecule has 0 aliphatic heterocycles. The molecule has 3 nitrogen and oxygen atoms in total. The average molecular weight is 296 g/mol. The first-order chi connectivity index (χ1) is 10.0. The zero-order chi connectivity index (χ0) is 15.3. The highest BCUT2D eigenvalue weighted by Crippen LogP contribution is 2.41. The summed E-state index contributed by atoms with van der Waals surface area (Å²) >= 11 is 0. The molecule has 3 heteroatoms. The quantitative estimate of drug-likeness (QED) is 0.706. The largest absolute Gasteiger partial charge is 0.383 e. The maximum Gasteiger partial charge on any atom is 0.0589 e. The Labute approximate surface area is 131 Å². The molecule has 0 bridgehead atoms. The summed E-state index contributed by atoms with van der Waals surface area (Å²) in [4.78, 5) is 2.73. The van der Waals surface area contributed by atoms with Crippen LogP contribution in [-0.4, -0.2) is 50.3 Å². The van der Waals surface area contributed by atoms with E-state index in [4.69, 9.17) is 4.74 Å². The van der Waals surface area contributed by atoms with Crippen molar-refractivity contribution in [2.75, 3.05) is 33.4 Å². The van der Waals surface area contributed by atoms with Crippen LogP contribution in [0.3, 0.4) is 0 Å². The van der Waals surface area contributed by atoms with E-state index in [1.807, 2.05) is 7.11 Å². The van der Waals surface area contributed by atoms with Gasteiger partial charge in [0.1, 0.15) is 0 Å². The van der Waals surface area contributed by atoms with Crippen molar-refractivity contribution >= 4 is 0 Å². The summed E-state index contributed by atoms with van der Waals surface area (Å²) in [5.41, 5.74) is 0.484. The summed E-state index contributed by atoms with van der Waals surface area (Å²) in [6.45, 7) is 11.4. The Hall–Kier alpha value is -0.120. The van der Waals surface area contributed by atoms with Gasteiger partial charge in [0.15, 0.2) is 0 Å². The van der Waals surface area contributed by atoms with Crippen LogP contribution in [0.25, 0.3) is 0 Å². The maximum atomic E-state index is 5.33. The molecule has 0 aromatic heterocycles. The smallest absolute Gasteiger partial charge is 0.0589 e. The van der Waals surface area contributed by atoms with Crippen LogP contribution < -0.4 is 5.32 Å². The maximum absolute atomic E-state index is 5.33. The summed E-state index contributed by atoms with van der Waals surface area (Å²) in [6.07, 6.45) is 8.41. The molecule has 2 aliphatic rings. The molecule has 2 fully saturated rings. The minimum absolute atomic E-state index is 0.484. The van der Waals surface area contributed by atoms with Crippen molar-refractivity contribution < 1.29 is 4.74 Å². The van der Waals surface area contributed by atoms with Gasteiger partial charge in [-0.15, -0.1) is 0 Å². The molecule has 0 spiro atoms.